The van der Waals surface area contributed by atoms with Gasteiger partial charge in [-0.25, -0.2) is 14.8 Å². The zero-order valence-electron chi connectivity index (χ0n) is 16.6. The van der Waals surface area contributed by atoms with Crippen LogP contribution < -0.4 is 16.2 Å². The first-order valence-electron chi connectivity index (χ1n) is 10.1. The van der Waals surface area contributed by atoms with Crippen LogP contribution in [0.15, 0.2) is 17.2 Å². The number of anilines is 2. The number of carbonyl (C=O) groups is 2. The van der Waals surface area contributed by atoms with Crippen LogP contribution in [0.5, 0.6) is 0 Å². The maximum Gasteiger partial charge on any atom is 0.407 e. The van der Waals surface area contributed by atoms with Crippen LogP contribution in [0.25, 0.3) is 0 Å². The zero-order chi connectivity index (χ0) is 21.0. The second-order valence-corrected chi connectivity index (χ2v) is 8.19. The van der Waals surface area contributed by atoms with E-state index >= 15 is 0 Å². The molecule has 0 aromatic carbocycles. The third kappa shape index (κ3) is 2.66. The molecule has 0 atom stereocenters. The summed E-state index contributed by atoms with van der Waals surface area (Å²) < 4.78 is 1.62. The molecule has 3 aliphatic rings. The van der Waals surface area contributed by atoms with Crippen molar-refractivity contribution in [2.45, 2.75) is 57.8 Å². The molecule has 3 N–H and O–H groups in total. The molecule has 1 saturated carbocycles. The van der Waals surface area contributed by atoms with Crippen molar-refractivity contribution in [2.75, 3.05) is 5.32 Å². The predicted molar refractivity (Wildman–Crippen MR) is 107 cm³/mol. The topological polar surface area (TPSA) is 129 Å². The van der Waals surface area contributed by atoms with E-state index in [4.69, 9.17) is 0 Å². The summed E-state index contributed by atoms with van der Waals surface area (Å²) in [7, 11) is 0. The van der Waals surface area contributed by atoms with Gasteiger partial charge in [0.1, 0.15) is 29.2 Å². The molecule has 2 amide bonds. The normalized spacial score (nSPS) is 18.8. The third-order valence-corrected chi connectivity index (χ3v) is 6.31. The highest BCUT2D eigenvalue weighted by Crippen LogP contribution is 2.37. The maximum atomic E-state index is 13.5. The van der Waals surface area contributed by atoms with E-state index in [9.17, 15) is 19.5 Å². The summed E-state index contributed by atoms with van der Waals surface area (Å²) in [4.78, 5) is 47.1. The van der Waals surface area contributed by atoms with Crippen molar-refractivity contribution in [3.63, 3.8) is 0 Å². The number of rotatable bonds is 2. The summed E-state index contributed by atoms with van der Waals surface area (Å²) in [5.41, 5.74) is 1.76. The third-order valence-electron chi connectivity index (χ3n) is 6.31. The number of aryl methyl sites for hydroxylation is 1. The number of fused-ring (bicyclic) bond motifs is 3. The summed E-state index contributed by atoms with van der Waals surface area (Å²) in [5.74, 6) is 0.203. The summed E-state index contributed by atoms with van der Waals surface area (Å²) in [6, 6.07) is 1.66. The van der Waals surface area contributed by atoms with Gasteiger partial charge in [-0.2, -0.15) is 0 Å². The van der Waals surface area contributed by atoms with Crippen LogP contribution in [0.1, 0.15) is 59.4 Å². The number of nitrogens with zero attached hydrogens (tertiary/aromatic N) is 4. The molecule has 156 valence electrons. The second kappa shape index (κ2) is 6.54. The van der Waals surface area contributed by atoms with Crippen molar-refractivity contribution in [1.82, 2.24) is 24.8 Å². The van der Waals surface area contributed by atoms with E-state index in [1.54, 1.807) is 10.6 Å². The highest BCUT2D eigenvalue weighted by atomic mass is 16.4. The molecular weight excluding hydrogens is 388 g/mol. The van der Waals surface area contributed by atoms with Gasteiger partial charge in [-0.05, 0) is 44.2 Å². The van der Waals surface area contributed by atoms with Crippen molar-refractivity contribution in [1.29, 1.82) is 0 Å². The number of carboxylic acid groups (broad SMARTS) is 1. The summed E-state index contributed by atoms with van der Waals surface area (Å²) in [6.45, 7) is 2.16. The van der Waals surface area contributed by atoms with Crippen molar-refractivity contribution in [3.8, 4) is 0 Å². The summed E-state index contributed by atoms with van der Waals surface area (Å²) in [6.07, 6.45) is 4.77. The van der Waals surface area contributed by atoms with Gasteiger partial charge in [0.15, 0.2) is 0 Å². The summed E-state index contributed by atoms with van der Waals surface area (Å²) >= 11 is 0. The average molecular weight is 410 g/mol. The fraction of sp³-hybridized carbons (Fsp3) is 0.450. The lowest BCUT2D eigenvalue weighted by Crippen LogP contribution is -2.48. The van der Waals surface area contributed by atoms with E-state index in [2.05, 4.69) is 20.6 Å². The standard InChI is InChI=1S/C20H22N6O4/c1-11-7-13(23-16-12-8-25(19(29)30)9-14(12)21-10-22-16)18(28)26-15(11)17(27)24-20(26)5-3-2-4-6-20/h7,10H,2-6,8-9H2,1H3,(H,24,27)(H,29,30)(H,21,22,23). The van der Waals surface area contributed by atoms with Gasteiger partial charge in [0.2, 0.25) is 0 Å². The molecule has 5 rings (SSSR count). The molecule has 2 aromatic heterocycles. The Bertz CT molecular complexity index is 1130. The fourth-order valence-electron chi connectivity index (χ4n) is 4.88. The smallest absolute Gasteiger partial charge is 0.407 e. The van der Waals surface area contributed by atoms with Gasteiger partial charge in [-0.3, -0.25) is 19.1 Å². The van der Waals surface area contributed by atoms with Crippen LogP contribution >= 0.6 is 0 Å². The minimum atomic E-state index is -1.03. The molecule has 1 spiro atoms. The van der Waals surface area contributed by atoms with E-state index in [-0.39, 0.29) is 24.6 Å². The Labute approximate surface area is 171 Å². The van der Waals surface area contributed by atoms with E-state index in [1.807, 2.05) is 6.92 Å². The highest BCUT2D eigenvalue weighted by Gasteiger charge is 2.45. The second-order valence-electron chi connectivity index (χ2n) is 8.19. The molecule has 0 radical (unpaired) electrons. The minimum Gasteiger partial charge on any atom is -0.465 e. The Kier molecular flexibility index (Phi) is 4.05. The van der Waals surface area contributed by atoms with Crippen LogP contribution in [-0.2, 0) is 18.8 Å². The zero-order valence-corrected chi connectivity index (χ0v) is 16.6. The lowest BCUT2D eigenvalue weighted by molar-refractivity contribution is 0.0876. The van der Waals surface area contributed by atoms with Crippen LogP contribution in [0.4, 0.5) is 16.3 Å². The lowest BCUT2D eigenvalue weighted by atomic mass is 9.89. The number of amides is 2. The quantitative estimate of drug-likeness (QED) is 0.691. The number of aromatic nitrogens is 3. The molecule has 0 bridgehead atoms. The molecule has 0 unspecified atom stereocenters. The van der Waals surface area contributed by atoms with Crippen molar-refractivity contribution >= 4 is 23.5 Å². The SMILES string of the molecule is Cc1cc(Nc2ncnc3c2CN(C(=O)O)C3)c(=O)n2c1C(=O)NC21CCCCC1. The Morgan fingerprint density at radius 3 is 2.70 bits per heavy atom. The largest absolute Gasteiger partial charge is 0.465 e. The number of carbonyl (C=O) groups excluding carboxylic acids is 1. The Morgan fingerprint density at radius 1 is 1.20 bits per heavy atom. The number of hydrogen-bond donors (Lipinski definition) is 3. The van der Waals surface area contributed by atoms with Crippen LogP contribution in [0.3, 0.4) is 0 Å². The highest BCUT2D eigenvalue weighted by molar-refractivity contribution is 5.97. The van der Waals surface area contributed by atoms with E-state index < -0.39 is 11.8 Å². The molecule has 10 heteroatoms. The number of nitrogens with one attached hydrogen (secondary N) is 2. The predicted octanol–water partition coefficient (Wildman–Crippen LogP) is 2.04. The molecule has 10 nitrogen and oxygen atoms in total. The Hall–Kier alpha value is -3.43. The van der Waals surface area contributed by atoms with E-state index in [0.29, 0.717) is 34.0 Å². The van der Waals surface area contributed by atoms with E-state index in [0.717, 1.165) is 32.1 Å². The first-order chi connectivity index (χ1) is 14.4. The minimum absolute atomic E-state index is 0.156. The van der Waals surface area contributed by atoms with Gasteiger partial charge in [-0.15, -0.1) is 0 Å². The monoisotopic (exact) mass is 410 g/mol. The molecule has 2 aromatic rings. The van der Waals surface area contributed by atoms with Gasteiger partial charge < -0.3 is 15.7 Å². The van der Waals surface area contributed by atoms with Crippen LogP contribution in [-0.4, -0.2) is 36.5 Å². The van der Waals surface area contributed by atoms with Crippen LogP contribution in [0.2, 0.25) is 0 Å². The molecule has 2 aliphatic heterocycles. The molecule has 4 heterocycles. The van der Waals surface area contributed by atoms with Gasteiger partial charge >= 0.3 is 6.09 Å². The average Bonchev–Trinajstić information content (AvgIpc) is 3.27. The van der Waals surface area contributed by atoms with Crippen molar-refractivity contribution in [2.24, 2.45) is 0 Å². The molecule has 0 saturated heterocycles. The number of pyridine rings is 1. The van der Waals surface area contributed by atoms with Gasteiger partial charge in [0, 0.05) is 5.56 Å². The first kappa shape index (κ1) is 18.6. The summed E-state index contributed by atoms with van der Waals surface area (Å²) in [5, 5.41) is 15.4. The first-order valence-corrected chi connectivity index (χ1v) is 10.1. The Morgan fingerprint density at radius 2 is 1.97 bits per heavy atom. The molecule has 30 heavy (non-hydrogen) atoms. The number of hydrogen-bond acceptors (Lipinski definition) is 6. The van der Waals surface area contributed by atoms with Gasteiger partial charge in [-0.1, -0.05) is 6.42 Å². The van der Waals surface area contributed by atoms with Crippen LogP contribution in [0, 0.1) is 6.92 Å². The molecule has 1 fully saturated rings. The van der Waals surface area contributed by atoms with E-state index in [1.165, 1.54) is 11.2 Å². The van der Waals surface area contributed by atoms with Gasteiger partial charge in [0.25, 0.3) is 11.5 Å². The lowest BCUT2D eigenvalue weighted by Gasteiger charge is -2.35. The van der Waals surface area contributed by atoms with Crippen molar-refractivity contribution in [3.05, 3.63) is 45.3 Å². The van der Waals surface area contributed by atoms with Crippen molar-refractivity contribution < 1.29 is 14.7 Å². The molecular formula is C20H22N6O4. The fourth-order valence-corrected chi connectivity index (χ4v) is 4.88. The maximum absolute atomic E-state index is 13.5. The molecule has 1 aliphatic carbocycles. The Balaban J connectivity index is 1.58. The van der Waals surface area contributed by atoms with Gasteiger partial charge in [0.05, 0.1) is 18.8 Å².